The van der Waals surface area contributed by atoms with Crippen LogP contribution in [0.15, 0.2) is 42.6 Å². The third-order valence-electron chi connectivity index (χ3n) is 6.68. The Bertz CT molecular complexity index is 966. The number of fused-ring (bicyclic) bond motifs is 1. The fourth-order valence-electron chi connectivity index (χ4n) is 4.62. The SMILES string of the molecule is CNC(=O)N1CC(C(=O)N(C)Cc2ccc(NC3Cc4ccccc4C3(C)C)cn2)C1. The highest BCUT2D eigenvalue weighted by Gasteiger charge is 2.39. The molecule has 1 fully saturated rings. The molecular formula is C24H31N5O2. The van der Waals surface area contributed by atoms with Gasteiger partial charge in [-0.05, 0) is 29.7 Å². The van der Waals surface area contributed by atoms with E-state index in [0.717, 1.165) is 17.8 Å². The lowest BCUT2D eigenvalue weighted by Gasteiger charge is -2.39. The third-order valence-corrected chi connectivity index (χ3v) is 6.68. The minimum atomic E-state index is -0.134. The summed E-state index contributed by atoms with van der Waals surface area (Å²) in [4.78, 5) is 32.0. The fourth-order valence-corrected chi connectivity index (χ4v) is 4.62. The van der Waals surface area contributed by atoms with Crippen molar-refractivity contribution in [3.8, 4) is 0 Å². The first-order chi connectivity index (χ1) is 14.8. The summed E-state index contributed by atoms with van der Waals surface area (Å²) in [6.07, 6.45) is 2.85. The number of rotatable bonds is 5. The highest BCUT2D eigenvalue weighted by Crippen LogP contribution is 2.39. The summed E-state index contributed by atoms with van der Waals surface area (Å²) in [5.41, 5.74) is 4.69. The van der Waals surface area contributed by atoms with Gasteiger partial charge in [0.2, 0.25) is 5.91 Å². The van der Waals surface area contributed by atoms with Crippen LogP contribution in [-0.2, 0) is 23.2 Å². The summed E-state index contributed by atoms with van der Waals surface area (Å²) < 4.78 is 0. The number of urea groups is 1. The molecule has 0 radical (unpaired) electrons. The maximum absolute atomic E-state index is 12.6. The largest absolute Gasteiger partial charge is 0.380 e. The van der Waals surface area contributed by atoms with Gasteiger partial charge in [-0.3, -0.25) is 9.78 Å². The first kappa shape index (κ1) is 21.2. The minimum Gasteiger partial charge on any atom is -0.380 e. The van der Waals surface area contributed by atoms with Crippen LogP contribution in [0.25, 0.3) is 0 Å². The molecule has 0 saturated carbocycles. The lowest BCUT2D eigenvalue weighted by atomic mass is 9.83. The van der Waals surface area contributed by atoms with Gasteiger partial charge in [-0.1, -0.05) is 38.1 Å². The molecule has 0 spiro atoms. The molecule has 31 heavy (non-hydrogen) atoms. The Morgan fingerprint density at radius 1 is 1.19 bits per heavy atom. The van der Waals surface area contributed by atoms with Crippen LogP contribution in [0.4, 0.5) is 10.5 Å². The van der Waals surface area contributed by atoms with Crippen molar-refractivity contribution in [1.82, 2.24) is 20.1 Å². The van der Waals surface area contributed by atoms with E-state index in [-0.39, 0.29) is 23.3 Å². The number of nitrogens with one attached hydrogen (secondary N) is 2. The molecular weight excluding hydrogens is 390 g/mol. The number of hydrogen-bond donors (Lipinski definition) is 2. The second kappa shape index (κ2) is 8.21. The lowest BCUT2D eigenvalue weighted by Crippen LogP contribution is -2.57. The fraction of sp³-hybridized carbons (Fsp3) is 0.458. The average molecular weight is 422 g/mol. The maximum Gasteiger partial charge on any atom is 0.317 e. The Labute approximate surface area is 183 Å². The number of aromatic nitrogens is 1. The quantitative estimate of drug-likeness (QED) is 0.778. The van der Waals surface area contributed by atoms with Crippen molar-refractivity contribution < 1.29 is 9.59 Å². The zero-order valence-corrected chi connectivity index (χ0v) is 18.7. The topological polar surface area (TPSA) is 77.6 Å². The van der Waals surface area contributed by atoms with Crippen LogP contribution < -0.4 is 10.6 Å². The number of anilines is 1. The molecule has 1 aromatic carbocycles. The van der Waals surface area contributed by atoms with Gasteiger partial charge in [0.15, 0.2) is 0 Å². The Kier molecular flexibility index (Phi) is 5.60. The van der Waals surface area contributed by atoms with E-state index in [2.05, 4.69) is 53.7 Å². The van der Waals surface area contributed by atoms with Crippen LogP contribution in [0, 0.1) is 5.92 Å². The Morgan fingerprint density at radius 3 is 2.58 bits per heavy atom. The number of amides is 3. The summed E-state index contributed by atoms with van der Waals surface area (Å²) in [5.74, 6) is -0.0795. The predicted molar refractivity (Wildman–Crippen MR) is 121 cm³/mol. The number of carbonyl (C=O) groups is 2. The van der Waals surface area contributed by atoms with Crippen molar-refractivity contribution in [2.24, 2.45) is 5.92 Å². The standard InChI is InChI=1S/C24H31N5O2/c1-24(2)20-8-6-5-7-16(20)11-21(24)27-18-9-10-19(26-12-18)15-28(4)22(30)17-13-29(14-17)23(31)25-3/h5-10,12,17,21,27H,11,13-15H2,1-4H3,(H,25,31). The van der Waals surface area contributed by atoms with E-state index in [0.29, 0.717) is 25.7 Å². The molecule has 164 valence electrons. The van der Waals surface area contributed by atoms with E-state index in [9.17, 15) is 9.59 Å². The van der Waals surface area contributed by atoms with Gasteiger partial charge >= 0.3 is 6.03 Å². The van der Waals surface area contributed by atoms with Crippen LogP contribution in [0.3, 0.4) is 0 Å². The summed E-state index contributed by atoms with van der Waals surface area (Å²) in [6.45, 7) is 5.96. The second-order valence-corrected chi connectivity index (χ2v) is 9.17. The lowest BCUT2D eigenvalue weighted by molar-refractivity contribution is -0.138. The maximum atomic E-state index is 12.6. The molecule has 3 amide bonds. The summed E-state index contributed by atoms with van der Waals surface area (Å²) >= 11 is 0. The summed E-state index contributed by atoms with van der Waals surface area (Å²) in [5, 5.41) is 6.24. The van der Waals surface area contributed by atoms with Crippen molar-refractivity contribution in [3.05, 3.63) is 59.4 Å². The zero-order valence-electron chi connectivity index (χ0n) is 18.7. The van der Waals surface area contributed by atoms with Crippen molar-refractivity contribution in [2.75, 3.05) is 32.5 Å². The molecule has 1 unspecified atom stereocenters. The van der Waals surface area contributed by atoms with E-state index in [1.54, 1.807) is 23.9 Å². The Hall–Kier alpha value is -3.09. The van der Waals surface area contributed by atoms with Crippen LogP contribution in [0.5, 0.6) is 0 Å². The van der Waals surface area contributed by atoms with E-state index in [4.69, 9.17) is 0 Å². The molecule has 2 heterocycles. The summed E-state index contributed by atoms with van der Waals surface area (Å²) in [7, 11) is 3.39. The third kappa shape index (κ3) is 4.09. The van der Waals surface area contributed by atoms with Gasteiger partial charge in [-0.15, -0.1) is 0 Å². The van der Waals surface area contributed by atoms with Gasteiger partial charge in [0.25, 0.3) is 0 Å². The van der Waals surface area contributed by atoms with Crippen LogP contribution in [0.2, 0.25) is 0 Å². The number of pyridine rings is 1. The van der Waals surface area contributed by atoms with E-state index in [1.807, 2.05) is 18.3 Å². The monoisotopic (exact) mass is 421 g/mol. The smallest absolute Gasteiger partial charge is 0.317 e. The van der Waals surface area contributed by atoms with Gasteiger partial charge in [-0.25, -0.2) is 4.79 Å². The van der Waals surface area contributed by atoms with Gasteiger partial charge in [-0.2, -0.15) is 0 Å². The summed E-state index contributed by atoms with van der Waals surface area (Å²) in [6, 6.07) is 12.8. The van der Waals surface area contributed by atoms with Gasteiger partial charge < -0.3 is 20.4 Å². The van der Waals surface area contributed by atoms with Crippen LogP contribution in [0.1, 0.15) is 30.7 Å². The second-order valence-electron chi connectivity index (χ2n) is 9.17. The zero-order chi connectivity index (χ0) is 22.2. The first-order valence-corrected chi connectivity index (χ1v) is 10.8. The average Bonchev–Trinajstić information content (AvgIpc) is 2.98. The van der Waals surface area contributed by atoms with Crippen molar-refractivity contribution in [3.63, 3.8) is 0 Å². The number of carbonyl (C=O) groups excluding carboxylic acids is 2. The number of nitrogens with zero attached hydrogens (tertiary/aromatic N) is 3. The van der Waals surface area contributed by atoms with Gasteiger partial charge in [0.05, 0.1) is 30.0 Å². The normalized spacial score (nSPS) is 19.4. The van der Waals surface area contributed by atoms with Crippen LogP contribution >= 0.6 is 0 Å². The Balaban J connectivity index is 1.32. The molecule has 7 nitrogen and oxygen atoms in total. The highest BCUT2D eigenvalue weighted by atomic mass is 16.2. The highest BCUT2D eigenvalue weighted by molar-refractivity contribution is 5.83. The van der Waals surface area contributed by atoms with E-state index in [1.165, 1.54) is 11.1 Å². The molecule has 1 atom stereocenters. The van der Waals surface area contributed by atoms with E-state index >= 15 is 0 Å². The van der Waals surface area contributed by atoms with Crippen LogP contribution in [-0.4, -0.2) is 59.9 Å². The molecule has 1 saturated heterocycles. The number of benzene rings is 1. The molecule has 1 aliphatic carbocycles. The van der Waals surface area contributed by atoms with Gasteiger partial charge in [0.1, 0.15) is 0 Å². The van der Waals surface area contributed by atoms with Crippen molar-refractivity contribution >= 4 is 17.6 Å². The molecule has 1 aromatic heterocycles. The molecule has 1 aliphatic heterocycles. The predicted octanol–water partition coefficient (Wildman–Crippen LogP) is 2.63. The van der Waals surface area contributed by atoms with Crippen molar-refractivity contribution in [2.45, 2.75) is 38.3 Å². The Morgan fingerprint density at radius 2 is 1.94 bits per heavy atom. The molecule has 0 bridgehead atoms. The molecule has 2 N–H and O–H groups in total. The molecule has 2 aliphatic rings. The first-order valence-electron chi connectivity index (χ1n) is 10.8. The molecule has 7 heteroatoms. The van der Waals surface area contributed by atoms with E-state index < -0.39 is 0 Å². The number of likely N-dealkylation sites (tertiary alicyclic amines) is 1. The number of hydrogen-bond acceptors (Lipinski definition) is 4. The molecule has 4 rings (SSSR count). The van der Waals surface area contributed by atoms with Crippen molar-refractivity contribution in [1.29, 1.82) is 0 Å². The minimum absolute atomic E-state index is 0.0488. The molecule has 2 aromatic rings. The van der Waals surface area contributed by atoms with Gasteiger partial charge in [0, 0.05) is 38.6 Å².